The third-order valence-electron chi connectivity index (χ3n) is 7.26. The maximum atomic E-state index is 13.9. The zero-order chi connectivity index (χ0) is 34.4. The maximum Gasteiger partial charge on any atom is 0.243 e. The molecule has 0 aliphatic heterocycles. The fraction of sp³-hybridized carbons (Fsp3) is 0.265. The monoisotopic (exact) mass is 689 g/mol. The molecule has 0 aliphatic rings. The van der Waals surface area contributed by atoms with Crippen LogP contribution in [0.3, 0.4) is 0 Å². The lowest BCUT2D eigenvalue weighted by atomic mass is 10.0. The van der Waals surface area contributed by atoms with E-state index in [0.29, 0.717) is 12.0 Å². The van der Waals surface area contributed by atoms with E-state index >= 15 is 0 Å². The molecule has 0 saturated carbocycles. The summed E-state index contributed by atoms with van der Waals surface area (Å²) in [4.78, 5) is 49.3. The number of hydrogen-bond acceptors (Lipinski definition) is 8. The first-order valence-corrected chi connectivity index (χ1v) is 17.8. The van der Waals surface area contributed by atoms with Crippen molar-refractivity contribution in [3.05, 3.63) is 124 Å². The molecule has 0 spiro atoms. The minimum Gasteiger partial charge on any atom is -0.370 e. The molecule has 252 valence electrons. The van der Waals surface area contributed by atoms with Gasteiger partial charge in [0.15, 0.2) is 11.0 Å². The smallest absolute Gasteiger partial charge is 0.243 e. The van der Waals surface area contributed by atoms with Crippen LogP contribution in [0.5, 0.6) is 0 Å². The molecule has 4 aromatic rings. The SMILES string of the molecule is NC(N)=NCCCC(NC(=O)C(Cc1ccccc1)NC(=O)C(Cc1ccccc1)NS(=O)(=O)Cc1ccccc1)C(=O)c1nccs1. The number of aromatic nitrogens is 1. The van der Waals surface area contributed by atoms with Gasteiger partial charge in [0, 0.05) is 24.5 Å². The van der Waals surface area contributed by atoms with Crippen molar-refractivity contribution < 1.29 is 22.8 Å². The van der Waals surface area contributed by atoms with Gasteiger partial charge >= 0.3 is 0 Å². The number of thiazole rings is 1. The molecule has 1 aromatic heterocycles. The molecule has 7 N–H and O–H groups in total. The number of ketones is 1. The van der Waals surface area contributed by atoms with Crippen LogP contribution in [-0.2, 0) is 38.2 Å². The van der Waals surface area contributed by atoms with Crippen LogP contribution in [0.15, 0.2) is 108 Å². The van der Waals surface area contributed by atoms with Gasteiger partial charge in [-0.05, 0) is 36.0 Å². The van der Waals surface area contributed by atoms with Crippen molar-refractivity contribution in [1.82, 2.24) is 20.3 Å². The molecule has 0 radical (unpaired) electrons. The van der Waals surface area contributed by atoms with Gasteiger partial charge in [0.05, 0.1) is 11.8 Å². The van der Waals surface area contributed by atoms with Crippen LogP contribution < -0.4 is 26.8 Å². The molecular formula is C34H39N7O5S2. The summed E-state index contributed by atoms with van der Waals surface area (Å²) in [6, 6.07) is 23.3. The van der Waals surface area contributed by atoms with E-state index in [2.05, 4.69) is 25.3 Å². The number of benzene rings is 3. The van der Waals surface area contributed by atoms with Gasteiger partial charge in [-0.3, -0.25) is 19.4 Å². The number of amides is 2. The van der Waals surface area contributed by atoms with Crippen LogP contribution >= 0.6 is 11.3 Å². The molecule has 0 fully saturated rings. The van der Waals surface area contributed by atoms with Crippen LogP contribution in [0, 0.1) is 0 Å². The molecule has 0 aliphatic carbocycles. The summed E-state index contributed by atoms with van der Waals surface area (Å²) >= 11 is 1.15. The summed E-state index contributed by atoms with van der Waals surface area (Å²) in [5.41, 5.74) is 12.9. The van der Waals surface area contributed by atoms with Gasteiger partial charge in [-0.25, -0.2) is 18.1 Å². The van der Waals surface area contributed by atoms with Crippen molar-refractivity contribution in [2.24, 2.45) is 16.5 Å². The topological polar surface area (TPSA) is 199 Å². The molecule has 3 aromatic carbocycles. The Morgan fingerprint density at radius 1 is 0.750 bits per heavy atom. The highest BCUT2D eigenvalue weighted by Gasteiger charge is 2.32. The van der Waals surface area contributed by atoms with Crippen LogP contribution in [0.2, 0.25) is 0 Å². The van der Waals surface area contributed by atoms with E-state index in [-0.39, 0.29) is 48.3 Å². The van der Waals surface area contributed by atoms with Crippen molar-refractivity contribution in [2.45, 2.75) is 49.6 Å². The van der Waals surface area contributed by atoms with Gasteiger partial charge < -0.3 is 22.1 Å². The van der Waals surface area contributed by atoms with Gasteiger partial charge in [0.2, 0.25) is 27.6 Å². The molecule has 3 unspecified atom stereocenters. The molecular weight excluding hydrogens is 651 g/mol. The van der Waals surface area contributed by atoms with E-state index in [1.807, 2.05) is 24.3 Å². The minimum absolute atomic E-state index is 0.0380. The number of aliphatic imine (C=N–C) groups is 1. The minimum atomic E-state index is -3.98. The Morgan fingerprint density at radius 3 is 1.81 bits per heavy atom. The molecule has 1 heterocycles. The third kappa shape index (κ3) is 11.7. The van der Waals surface area contributed by atoms with E-state index in [4.69, 9.17) is 11.5 Å². The van der Waals surface area contributed by atoms with Crippen LogP contribution in [0.1, 0.15) is 39.3 Å². The molecule has 14 heteroatoms. The predicted molar refractivity (Wildman–Crippen MR) is 186 cm³/mol. The predicted octanol–water partition coefficient (Wildman–Crippen LogP) is 2.32. The van der Waals surface area contributed by atoms with E-state index in [0.717, 1.165) is 22.5 Å². The van der Waals surface area contributed by atoms with Crippen molar-refractivity contribution in [3.63, 3.8) is 0 Å². The lowest BCUT2D eigenvalue weighted by Gasteiger charge is -2.25. The highest BCUT2D eigenvalue weighted by atomic mass is 32.2. The standard InChI is InChI=1S/C34H39N7O5S2/c35-34(36)38-18-10-17-27(30(42)33-37-19-20-47-33)39-31(43)28(21-24-11-4-1-5-12-24)40-32(44)29(22-25-13-6-2-7-14-25)41-48(45,46)23-26-15-8-3-9-16-26/h1-9,11-16,19-20,27-29,41H,10,17-18,21-23H2,(H,39,43)(H,40,44)(H4,35,36,38). The van der Waals surface area contributed by atoms with Crippen LogP contribution in [-0.4, -0.2) is 61.6 Å². The van der Waals surface area contributed by atoms with Crippen molar-refractivity contribution >= 4 is 44.9 Å². The van der Waals surface area contributed by atoms with E-state index < -0.39 is 40.0 Å². The lowest BCUT2D eigenvalue weighted by Crippen LogP contribution is -2.57. The maximum absolute atomic E-state index is 13.9. The largest absolute Gasteiger partial charge is 0.370 e. The number of Topliss-reactive ketones (excluding diaryl/α,β-unsaturated/α-hetero) is 1. The number of nitrogens with two attached hydrogens (primary N) is 2. The summed E-state index contributed by atoms with van der Waals surface area (Å²) in [5, 5.41) is 7.46. The number of nitrogens with zero attached hydrogens (tertiary/aromatic N) is 2. The Hall–Kier alpha value is -4.92. The highest BCUT2D eigenvalue weighted by molar-refractivity contribution is 7.88. The Kier molecular flexibility index (Phi) is 13.4. The average Bonchev–Trinajstić information content (AvgIpc) is 3.61. The second-order valence-corrected chi connectivity index (χ2v) is 13.7. The zero-order valence-electron chi connectivity index (χ0n) is 26.2. The number of sulfonamides is 1. The van der Waals surface area contributed by atoms with E-state index in [9.17, 15) is 22.8 Å². The second-order valence-electron chi connectivity index (χ2n) is 11.1. The molecule has 12 nitrogen and oxygen atoms in total. The summed E-state index contributed by atoms with van der Waals surface area (Å²) in [6.07, 6.45) is 2.22. The number of carbonyl (C=O) groups excluding carboxylic acids is 3. The van der Waals surface area contributed by atoms with Gasteiger partial charge in [0.1, 0.15) is 12.1 Å². The van der Waals surface area contributed by atoms with Gasteiger partial charge in [-0.2, -0.15) is 0 Å². The summed E-state index contributed by atoms with van der Waals surface area (Å²) in [7, 11) is -3.98. The first kappa shape index (κ1) is 35.9. The highest BCUT2D eigenvalue weighted by Crippen LogP contribution is 2.14. The van der Waals surface area contributed by atoms with Crippen LogP contribution in [0.4, 0.5) is 0 Å². The number of rotatable bonds is 18. The van der Waals surface area contributed by atoms with Gasteiger partial charge in [-0.1, -0.05) is 91.0 Å². The number of guanidine groups is 1. The Morgan fingerprint density at radius 2 is 1.27 bits per heavy atom. The molecule has 48 heavy (non-hydrogen) atoms. The summed E-state index contributed by atoms with van der Waals surface area (Å²) < 4.78 is 29.1. The van der Waals surface area contributed by atoms with E-state index in [1.165, 1.54) is 6.20 Å². The zero-order valence-corrected chi connectivity index (χ0v) is 27.8. The number of carbonyl (C=O) groups is 3. The third-order valence-corrected chi connectivity index (χ3v) is 9.40. The van der Waals surface area contributed by atoms with Crippen molar-refractivity contribution in [2.75, 3.05) is 6.54 Å². The fourth-order valence-corrected chi connectivity index (χ4v) is 6.93. The second kappa shape index (κ2) is 17.8. The fourth-order valence-electron chi connectivity index (χ4n) is 4.96. The van der Waals surface area contributed by atoms with Gasteiger partial charge in [0.25, 0.3) is 0 Å². The Bertz CT molecular complexity index is 1750. The normalized spacial score (nSPS) is 13.1. The molecule has 3 atom stereocenters. The number of nitrogens with one attached hydrogen (secondary N) is 3. The summed E-state index contributed by atoms with van der Waals surface area (Å²) in [6.45, 7) is 0.244. The first-order valence-electron chi connectivity index (χ1n) is 15.3. The molecule has 0 saturated heterocycles. The Labute approximate surface area is 284 Å². The van der Waals surface area contributed by atoms with Crippen LogP contribution in [0.25, 0.3) is 0 Å². The van der Waals surface area contributed by atoms with Crippen molar-refractivity contribution in [3.8, 4) is 0 Å². The van der Waals surface area contributed by atoms with E-state index in [1.54, 1.807) is 72.1 Å². The summed E-state index contributed by atoms with van der Waals surface area (Å²) in [5.74, 6) is -2.11. The van der Waals surface area contributed by atoms with Gasteiger partial charge in [-0.15, -0.1) is 11.3 Å². The lowest BCUT2D eigenvalue weighted by molar-refractivity contribution is -0.130. The molecule has 0 bridgehead atoms. The first-order chi connectivity index (χ1) is 23.1. The molecule has 2 amide bonds. The Balaban J connectivity index is 1.58. The molecule has 4 rings (SSSR count). The average molecular weight is 690 g/mol. The van der Waals surface area contributed by atoms with Crippen molar-refractivity contribution in [1.29, 1.82) is 0 Å². The number of hydrogen-bond donors (Lipinski definition) is 5. The quantitative estimate of drug-likeness (QED) is 0.0454.